The largest absolute Gasteiger partial charge is 0.345 e. The molecule has 0 bridgehead atoms. The maximum absolute atomic E-state index is 13.6. The van der Waals surface area contributed by atoms with Crippen molar-refractivity contribution < 1.29 is 4.39 Å². The summed E-state index contributed by atoms with van der Waals surface area (Å²) in [4.78, 5) is 4.52. The van der Waals surface area contributed by atoms with Gasteiger partial charge in [-0.05, 0) is 124 Å². The van der Waals surface area contributed by atoms with E-state index in [9.17, 15) is 4.39 Å². The highest BCUT2D eigenvalue weighted by molar-refractivity contribution is 5.89. The van der Waals surface area contributed by atoms with Crippen LogP contribution < -0.4 is 9.80 Å². The van der Waals surface area contributed by atoms with Crippen LogP contribution in [0.25, 0.3) is 22.3 Å². The fourth-order valence-corrected chi connectivity index (χ4v) is 7.88. The smallest absolute Gasteiger partial charge is 0.123 e. The highest BCUT2D eigenvalue weighted by Crippen LogP contribution is 2.53. The highest BCUT2D eigenvalue weighted by Gasteiger charge is 2.38. The van der Waals surface area contributed by atoms with Gasteiger partial charge in [0.2, 0.25) is 0 Å². The monoisotopic (exact) mass is 644 g/mol. The van der Waals surface area contributed by atoms with Crippen LogP contribution in [-0.2, 0) is 10.8 Å². The normalized spacial score (nSPS) is 14.1. The molecule has 0 saturated carbocycles. The SMILES string of the molecule is CC.Cc1ccc2c(c1)C(C)(C)c1cc(N(c3ccccc3)c3ccc4c(c3)C(C)(C)c3cc(N(C)c5ccc(F)cc5)ccc3-4)ccc1-2. The number of para-hydroxylation sites is 1. The third kappa shape index (κ3) is 5.24. The zero-order chi connectivity index (χ0) is 34.7. The molecule has 0 amide bonds. The van der Waals surface area contributed by atoms with E-state index in [-0.39, 0.29) is 16.6 Å². The van der Waals surface area contributed by atoms with E-state index in [0.717, 1.165) is 28.4 Å². The molecule has 0 heterocycles. The summed E-state index contributed by atoms with van der Waals surface area (Å²) in [6, 6.07) is 44.9. The fourth-order valence-electron chi connectivity index (χ4n) is 7.88. The van der Waals surface area contributed by atoms with Crippen LogP contribution in [0.1, 0.15) is 69.4 Å². The van der Waals surface area contributed by atoms with Crippen LogP contribution in [0.15, 0.2) is 127 Å². The lowest BCUT2D eigenvalue weighted by Crippen LogP contribution is -2.18. The predicted octanol–water partition coefficient (Wildman–Crippen LogP) is 13.0. The highest BCUT2D eigenvalue weighted by atomic mass is 19.1. The van der Waals surface area contributed by atoms with Gasteiger partial charge in [0.15, 0.2) is 0 Å². The van der Waals surface area contributed by atoms with Crippen molar-refractivity contribution >= 4 is 28.4 Å². The van der Waals surface area contributed by atoms with E-state index in [0.29, 0.717) is 0 Å². The molecule has 0 saturated heterocycles. The molecular weight excluding hydrogens is 600 g/mol. The molecule has 0 fully saturated rings. The number of nitrogens with zero attached hydrogens (tertiary/aromatic N) is 2. The molecule has 0 aromatic heterocycles. The van der Waals surface area contributed by atoms with Crippen LogP contribution in [-0.4, -0.2) is 7.05 Å². The van der Waals surface area contributed by atoms with Gasteiger partial charge in [-0.15, -0.1) is 0 Å². The van der Waals surface area contributed by atoms with Gasteiger partial charge >= 0.3 is 0 Å². The van der Waals surface area contributed by atoms with Crippen LogP contribution in [0.2, 0.25) is 0 Å². The number of aryl methyl sites for hydroxylation is 1. The average molecular weight is 645 g/mol. The van der Waals surface area contributed by atoms with E-state index >= 15 is 0 Å². The van der Waals surface area contributed by atoms with Gasteiger partial charge in [-0.25, -0.2) is 4.39 Å². The molecule has 0 aliphatic heterocycles. The number of hydrogen-bond acceptors (Lipinski definition) is 2. The molecule has 2 nitrogen and oxygen atoms in total. The van der Waals surface area contributed by atoms with Gasteiger partial charge in [-0.3, -0.25) is 0 Å². The van der Waals surface area contributed by atoms with Crippen molar-refractivity contribution in [2.24, 2.45) is 0 Å². The first-order valence-corrected chi connectivity index (χ1v) is 17.4. The molecule has 8 rings (SSSR count). The molecule has 246 valence electrons. The second-order valence-electron chi connectivity index (χ2n) is 14.2. The summed E-state index contributed by atoms with van der Waals surface area (Å²) in [5, 5.41) is 0. The number of benzene rings is 6. The molecule has 6 aromatic carbocycles. The van der Waals surface area contributed by atoms with Crippen LogP contribution in [0.5, 0.6) is 0 Å². The van der Waals surface area contributed by atoms with Gasteiger partial charge < -0.3 is 9.80 Å². The summed E-state index contributed by atoms with van der Waals surface area (Å²) >= 11 is 0. The minimum Gasteiger partial charge on any atom is -0.345 e. The topological polar surface area (TPSA) is 6.48 Å². The summed E-state index contributed by atoms with van der Waals surface area (Å²) in [7, 11) is 2.04. The molecule has 0 atom stereocenters. The number of fused-ring (bicyclic) bond motifs is 6. The average Bonchev–Trinajstić information content (AvgIpc) is 3.48. The second kappa shape index (κ2) is 12.1. The summed E-state index contributed by atoms with van der Waals surface area (Å²) in [5.74, 6) is -0.225. The number of hydrogen-bond donors (Lipinski definition) is 0. The van der Waals surface area contributed by atoms with Crippen LogP contribution >= 0.6 is 0 Å². The van der Waals surface area contributed by atoms with Gasteiger partial charge in [0.1, 0.15) is 5.82 Å². The third-order valence-electron chi connectivity index (χ3n) is 10.6. The minimum absolute atomic E-state index is 0.0879. The predicted molar refractivity (Wildman–Crippen MR) is 207 cm³/mol. The molecule has 2 aliphatic rings. The van der Waals surface area contributed by atoms with Gasteiger partial charge in [0, 0.05) is 46.3 Å². The first-order chi connectivity index (χ1) is 23.5. The van der Waals surface area contributed by atoms with Crippen molar-refractivity contribution in [2.45, 2.75) is 59.3 Å². The number of anilines is 5. The van der Waals surface area contributed by atoms with Gasteiger partial charge in [-0.2, -0.15) is 0 Å². The van der Waals surface area contributed by atoms with Crippen molar-refractivity contribution in [1.82, 2.24) is 0 Å². The molecule has 3 heteroatoms. The van der Waals surface area contributed by atoms with Crippen molar-refractivity contribution in [3.8, 4) is 22.3 Å². The Kier molecular flexibility index (Phi) is 7.98. The van der Waals surface area contributed by atoms with E-state index in [1.54, 1.807) is 0 Å². The molecule has 2 aliphatic carbocycles. The van der Waals surface area contributed by atoms with E-state index in [1.807, 2.05) is 33.0 Å². The quantitative estimate of drug-likeness (QED) is 0.184. The molecule has 0 radical (unpaired) electrons. The second-order valence-corrected chi connectivity index (χ2v) is 14.2. The van der Waals surface area contributed by atoms with Gasteiger partial charge in [0.25, 0.3) is 0 Å². The van der Waals surface area contributed by atoms with Crippen molar-refractivity contribution in [3.63, 3.8) is 0 Å². The lowest BCUT2D eigenvalue weighted by atomic mass is 9.81. The zero-order valence-corrected chi connectivity index (χ0v) is 29.9. The molecule has 0 spiro atoms. The Morgan fingerprint density at radius 3 is 1.37 bits per heavy atom. The number of rotatable bonds is 5. The van der Waals surface area contributed by atoms with Gasteiger partial charge in [0.05, 0.1) is 0 Å². The lowest BCUT2D eigenvalue weighted by Gasteiger charge is -2.30. The Morgan fingerprint density at radius 1 is 0.449 bits per heavy atom. The molecule has 6 aromatic rings. The summed E-state index contributed by atoms with van der Waals surface area (Å²) < 4.78 is 13.6. The molecule has 49 heavy (non-hydrogen) atoms. The molecular formula is C46H45FN2. The van der Waals surface area contributed by atoms with Crippen molar-refractivity contribution in [2.75, 3.05) is 16.8 Å². The summed E-state index contributed by atoms with van der Waals surface area (Å²) in [5.41, 5.74) is 17.1. The fraction of sp³-hybridized carbons (Fsp3) is 0.217. The summed E-state index contributed by atoms with van der Waals surface area (Å²) in [6.07, 6.45) is 0. The van der Waals surface area contributed by atoms with E-state index < -0.39 is 0 Å². The number of halogens is 1. The molecule has 0 N–H and O–H groups in total. The maximum atomic E-state index is 13.6. The Balaban J connectivity index is 0.00000186. The Bertz CT molecular complexity index is 2180. The standard InChI is InChI=1S/C44H39FN2.C2H6/c1-28-12-20-35-37-22-18-33(26-41(37)43(2,3)39(35)24-28)47(31-10-8-7-9-11-31)34-19-23-38-36-21-17-32(25-40(36)44(4,5)42(38)27-34)46(6)30-15-13-29(45)14-16-30;1-2/h7-27H,1-6H3;1-2H3. The van der Waals surface area contributed by atoms with Crippen LogP contribution in [0, 0.1) is 12.7 Å². The van der Waals surface area contributed by atoms with E-state index in [1.165, 1.54) is 62.2 Å². The van der Waals surface area contributed by atoms with E-state index in [4.69, 9.17) is 0 Å². The first-order valence-electron chi connectivity index (χ1n) is 17.4. The maximum Gasteiger partial charge on any atom is 0.123 e. The summed E-state index contributed by atoms with van der Waals surface area (Å²) in [6.45, 7) is 15.5. The van der Waals surface area contributed by atoms with Gasteiger partial charge in [-0.1, -0.05) is 102 Å². The first kappa shape index (κ1) is 32.4. The van der Waals surface area contributed by atoms with Crippen LogP contribution in [0.4, 0.5) is 32.8 Å². The minimum atomic E-state index is -0.225. The lowest BCUT2D eigenvalue weighted by molar-refractivity contribution is 0.628. The zero-order valence-electron chi connectivity index (χ0n) is 29.9. The van der Waals surface area contributed by atoms with Crippen molar-refractivity contribution in [1.29, 1.82) is 0 Å². The Hall–Kier alpha value is -5.15. The third-order valence-corrected chi connectivity index (χ3v) is 10.6. The Morgan fingerprint density at radius 2 is 0.857 bits per heavy atom. The van der Waals surface area contributed by atoms with E-state index in [2.05, 4.69) is 148 Å². The Labute approximate surface area is 291 Å². The van der Waals surface area contributed by atoms with Crippen LogP contribution in [0.3, 0.4) is 0 Å². The van der Waals surface area contributed by atoms with Crippen molar-refractivity contribution in [3.05, 3.63) is 161 Å². The molecule has 0 unspecified atom stereocenters.